The second kappa shape index (κ2) is 18.4. The molecule has 12 rings (SSSR count). The van der Waals surface area contributed by atoms with Crippen molar-refractivity contribution in [1.82, 2.24) is 10.6 Å². The Morgan fingerprint density at radius 3 is 1.36 bits per heavy atom. The Balaban J connectivity index is 0.000000109. The van der Waals surface area contributed by atoms with Gasteiger partial charge in [-0.3, -0.25) is 0 Å². The number of hydrogen-bond acceptors (Lipinski definition) is 6. The maximum Gasteiger partial charge on any atom is 0.0184 e. The van der Waals surface area contributed by atoms with Crippen LogP contribution in [0.1, 0.15) is 180 Å². The first-order chi connectivity index (χ1) is 24.2. The van der Waals surface area contributed by atoms with E-state index < -0.39 is 0 Å². The zero-order valence-electron chi connectivity index (χ0n) is 32.9. The third kappa shape index (κ3) is 10.5. The van der Waals surface area contributed by atoms with E-state index in [9.17, 15) is 0 Å². The first-order valence-electron chi connectivity index (χ1n) is 22.6. The van der Waals surface area contributed by atoms with Gasteiger partial charge in [-0.1, -0.05) is 38.5 Å². The van der Waals surface area contributed by atoms with Gasteiger partial charge < -0.3 is 33.6 Å². The van der Waals surface area contributed by atoms with Crippen molar-refractivity contribution in [3.8, 4) is 0 Å². The maximum absolute atomic E-state index is 6.00. The predicted molar refractivity (Wildman–Crippen MR) is 213 cm³/mol. The van der Waals surface area contributed by atoms with Crippen LogP contribution in [0, 0.1) is 47.3 Å². The van der Waals surface area contributed by atoms with Gasteiger partial charge in [0.2, 0.25) is 0 Å². The van der Waals surface area contributed by atoms with Gasteiger partial charge in [0.15, 0.2) is 0 Å². The van der Waals surface area contributed by atoms with Crippen molar-refractivity contribution in [3.05, 3.63) is 0 Å². The Morgan fingerprint density at radius 2 is 1.06 bits per heavy atom. The summed E-state index contributed by atoms with van der Waals surface area (Å²) < 4.78 is 0. The van der Waals surface area contributed by atoms with E-state index in [1.165, 1.54) is 173 Å². The molecule has 0 aromatic carbocycles. The van der Waals surface area contributed by atoms with Crippen molar-refractivity contribution in [2.45, 2.75) is 202 Å². The van der Waals surface area contributed by atoms with E-state index in [1.807, 2.05) is 0 Å². The summed E-state index contributed by atoms with van der Waals surface area (Å²) >= 11 is 0. The summed E-state index contributed by atoms with van der Waals surface area (Å²) in [6.45, 7) is 2.68. The summed E-state index contributed by atoms with van der Waals surface area (Å²) in [5, 5.41) is 7.08. The number of unbranched alkanes of at least 4 members (excludes halogenated alkanes) is 1. The standard InChI is InChI=1S/C12H23N.C9H18N2.2C8H15N.C7H13N/c13-8-2-1-3-12-9-10-4-6-11(12)7-5-10;10-5-6-11-9-3-1-8(7-9)2-4-9;1-9-8-4-2-7(6-8)3-5-8;9-8-5-6-1-3-7(8)4-2-6;8-7-3-1-6(5-7)2-4-7/h10-12H,1-9,13H2;8,11H,1-7,10H2;7,9H,2-6H2,1H3;6-8H,1-5,9H2;6H,1-5,8H2. The Labute approximate surface area is 309 Å². The van der Waals surface area contributed by atoms with Gasteiger partial charge in [-0.2, -0.15) is 0 Å². The third-order valence-corrected chi connectivity index (χ3v) is 16.8. The molecule has 2 unspecified atom stereocenters. The van der Waals surface area contributed by atoms with Gasteiger partial charge in [0.1, 0.15) is 0 Å². The largest absolute Gasteiger partial charge is 0.330 e. The topological polar surface area (TPSA) is 128 Å². The molecular formula is C44H84N6. The van der Waals surface area contributed by atoms with E-state index in [0.717, 1.165) is 67.0 Å². The molecule has 0 radical (unpaired) electrons. The molecule has 12 aliphatic carbocycles. The van der Waals surface area contributed by atoms with E-state index in [-0.39, 0.29) is 0 Å². The van der Waals surface area contributed by atoms with Crippen LogP contribution < -0.4 is 33.6 Å². The predicted octanol–water partition coefficient (Wildman–Crippen LogP) is 8.15. The van der Waals surface area contributed by atoms with Crippen LogP contribution in [-0.2, 0) is 0 Å². The monoisotopic (exact) mass is 697 g/mol. The highest BCUT2D eigenvalue weighted by molar-refractivity contribution is 5.03. The average molecular weight is 697 g/mol. The molecule has 6 nitrogen and oxygen atoms in total. The molecule has 0 heterocycles. The van der Waals surface area contributed by atoms with E-state index >= 15 is 0 Å². The van der Waals surface area contributed by atoms with Crippen LogP contribution in [0.5, 0.6) is 0 Å². The van der Waals surface area contributed by atoms with Gasteiger partial charge in [0.25, 0.3) is 0 Å². The SMILES string of the molecule is CNC12CCC(CC1)C2.NC12CCC(CC1)C2.NC1CC2CCC1CC2.NCCCCC1CC2CCC1CC2.NCCNC12CCC(CC1)C2. The van der Waals surface area contributed by atoms with Crippen LogP contribution >= 0.6 is 0 Å². The molecule has 0 saturated heterocycles. The normalized spacial score (nSPS) is 45.2. The fourth-order valence-corrected chi connectivity index (χ4v) is 13.4. The highest BCUT2D eigenvalue weighted by atomic mass is 15.0. The number of nitrogens with two attached hydrogens (primary N) is 4. The maximum atomic E-state index is 6.00. The Hall–Kier alpha value is -0.240. The van der Waals surface area contributed by atoms with Crippen molar-refractivity contribution in [3.63, 3.8) is 0 Å². The van der Waals surface area contributed by atoms with Gasteiger partial charge in [-0.05, 0) is 202 Å². The quantitative estimate of drug-likeness (QED) is 0.142. The summed E-state index contributed by atoms with van der Waals surface area (Å²) in [5.41, 5.74) is 24.4. The fraction of sp³-hybridized carbons (Fsp3) is 1.00. The highest BCUT2D eigenvalue weighted by Gasteiger charge is 2.45. The molecule has 10 bridgehead atoms. The Bertz CT molecular complexity index is 961. The van der Waals surface area contributed by atoms with E-state index in [2.05, 4.69) is 17.7 Å². The van der Waals surface area contributed by atoms with Gasteiger partial charge in [0.05, 0.1) is 0 Å². The lowest BCUT2D eigenvalue weighted by Gasteiger charge is -2.42. The number of fused-ring (bicyclic) bond motifs is 12. The summed E-state index contributed by atoms with van der Waals surface area (Å²) in [4.78, 5) is 0. The van der Waals surface area contributed by atoms with Gasteiger partial charge in [-0.15, -0.1) is 0 Å². The lowest BCUT2D eigenvalue weighted by molar-refractivity contribution is 0.0913. The number of rotatable bonds is 8. The molecule has 6 heteroatoms. The minimum atomic E-state index is 0.310. The molecule has 290 valence electrons. The second-order valence-corrected chi connectivity index (χ2v) is 20.1. The molecule has 0 aromatic heterocycles. The third-order valence-electron chi connectivity index (χ3n) is 16.8. The van der Waals surface area contributed by atoms with E-state index in [0.29, 0.717) is 22.7 Å². The molecule has 10 N–H and O–H groups in total. The minimum absolute atomic E-state index is 0.310. The summed E-state index contributed by atoms with van der Waals surface area (Å²) in [7, 11) is 2.12. The number of nitrogens with one attached hydrogen (secondary N) is 2. The zero-order chi connectivity index (χ0) is 35.0. The summed E-state index contributed by atoms with van der Waals surface area (Å²) in [5.74, 6) is 8.33. The van der Waals surface area contributed by atoms with Gasteiger partial charge in [-0.25, -0.2) is 0 Å². The van der Waals surface area contributed by atoms with Crippen LogP contribution in [0.25, 0.3) is 0 Å². The van der Waals surface area contributed by atoms with Crippen LogP contribution in [-0.4, -0.2) is 49.3 Å². The molecule has 0 amide bonds. The summed E-state index contributed by atoms with van der Waals surface area (Å²) in [6, 6.07) is 0.567. The van der Waals surface area contributed by atoms with Crippen molar-refractivity contribution < 1.29 is 0 Å². The van der Waals surface area contributed by atoms with E-state index in [1.54, 1.807) is 6.42 Å². The number of hydrogen-bond donors (Lipinski definition) is 6. The van der Waals surface area contributed by atoms with Crippen molar-refractivity contribution >= 4 is 0 Å². The second-order valence-electron chi connectivity index (χ2n) is 20.1. The highest BCUT2D eigenvalue weighted by Crippen LogP contribution is 2.49. The van der Waals surface area contributed by atoms with Crippen LogP contribution in [0.4, 0.5) is 0 Å². The Morgan fingerprint density at radius 1 is 0.540 bits per heavy atom. The first kappa shape index (κ1) is 39.5. The molecule has 2 atom stereocenters. The Kier molecular flexibility index (Phi) is 14.5. The van der Waals surface area contributed by atoms with Gasteiger partial charge in [0, 0.05) is 35.7 Å². The molecular weight excluding hydrogens is 613 g/mol. The van der Waals surface area contributed by atoms with Gasteiger partial charge >= 0.3 is 0 Å². The van der Waals surface area contributed by atoms with Crippen LogP contribution in [0.15, 0.2) is 0 Å². The van der Waals surface area contributed by atoms with Crippen molar-refractivity contribution in [2.24, 2.45) is 70.3 Å². The zero-order valence-corrected chi connectivity index (χ0v) is 32.9. The lowest BCUT2D eigenvalue weighted by Crippen LogP contribution is -2.43. The van der Waals surface area contributed by atoms with Crippen molar-refractivity contribution in [2.75, 3.05) is 26.7 Å². The molecule has 12 fully saturated rings. The van der Waals surface area contributed by atoms with Crippen LogP contribution in [0.3, 0.4) is 0 Å². The van der Waals surface area contributed by atoms with Crippen LogP contribution in [0.2, 0.25) is 0 Å². The minimum Gasteiger partial charge on any atom is -0.330 e. The fourth-order valence-electron chi connectivity index (χ4n) is 13.4. The molecule has 50 heavy (non-hydrogen) atoms. The average Bonchev–Trinajstić information content (AvgIpc) is 4.03. The molecule has 12 aliphatic rings. The molecule has 12 saturated carbocycles. The van der Waals surface area contributed by atoms with E-state index in [4.69, 9.17) is 22.9 Å². The molecule has 0 aromatic rings. The first-order valence-corrected chi connectivity index (χ1v) is 22.6. The smallest absolute Gasteiger partial charge is 0.0184 e. The molecule has 0 spiro atoms. The summed E-state index contributed by atoms with van der Waals surface area (Å²) in [6.07, 6.45) is 40.1. The molecule has 0 aliphatic heterocycles. The van der Waals surface area contributed by atoms with Crippen molar-refractivity contribution in [1.29, 1.82) is 0 Å². The lowest BCUT2D eigenvalue weighted by atomic mass is 9.63.